The number of carbonyl (C=O) groups is 4. The van der Waals surface area contributed by atoms with Gasteiger partial charge in [0.15, 0.2) is 0 Å². The third-order valence-electron chi connectivity index (χ3n) is 6.65. The van der Waals surface area contributed by atoms with Crippen LogP contribution in [-0.2, 0) is 28.7 Å². The van der Waals surface area contributed by atoms with Crippen LogP contribution in [0.5, 0.6) is 0 Å². The Kier molecular flexibility index (Phi) is 26.7. The molecular weight excluding hydrogens is 516 g/mol. The van der Waals surface area contributed by atoms with Crippen molar-refractivity contribution in [2.45, 2.75) is 115 Å². The predicted octanol–water partition coefficient (Wildman–Crippen LogP) is 3.04. The Labute approximate surface area is 241 Å². The highest BCUT2D eigenvalue weighted by Gasteiger charge is 2.11. The number of nitrogens with two attached hydrogens (primary N) is 1. The van der Waals surface area contributed by atoms with Crippen molar-refractivity contribution in [3.63, 3.8) is 0 Å². The molecule has 11 heteroatoms. The van der Waals surface area contributed by atoms with Crippen molar-refractivity contribution < 1.29 is 33.8 Å². The Morgan fingerprint density at radius 3 is 1.73 bits per heavy atom. The lowest BCUT2D eigenvalue weighted by molar-refractivity contribution is -0.137. The van der Waals surface area contributed by atoms with Crippen molar-refractivity contribution in [1.82, 2.24) is 16.0 Å². The topological polar surface area (TPSA) is 169 Å². The van der Waals surface area contributed by atoms with Gasteiger partial charge in [0.25, 0.3) is 0 Å². The van der Waals surface area contributed by atoms with Gasteiger partial charge in [0.1, 0.15) is 6.61 Å². The molecule has 0 radical (unpaired) electrons. The Morgan fingerprint density at radius 2 is 1.18 bits per heavy atom. The first-order valence-electron chi connectivity index (χ1n) is 15.2. The third kappa shape index (κ3) is 27.3. The van der Waals surface area contributed by atoms with E-state index in [0.29, 0.717) is 52.2 Å². The molecule has 3 amide bonds. The zero-order chi connectivity index (χ0) is 29.7. The van der Waals surface area contributed by atoms with E-state index in [1.165, 1.54) is 38.5 Å². The Balaban J connectivity index is 3.33. The summed E-state index contributed by atoms with van der Waals surface area (Å²) < 4.78 is 10.7. The summed E-state index contributed by atoms with van der Waals surface area (Å²) >= 11 is 0. The van der Waals surface area contributed by atoms with E-state index < -0.39 is 5.97 Å². The number of nitrogens with one attached hydrogen (secondary N) is 3. The van der Waals surface area contributed by atoms with E-state index in [9.17, 15) is 19.2 Å². The van der Waals surface area contributed by atoms with Crippen LogP contribution in [-0.4, -0.2) is 81.4 Å². The molecule has 1 atom stereocenters. The Hall–Kier alpha value is -2.24. The van der Waals surface area contributed by atoms with Crippen molar-refractivity contribution in [3.05, 3.63) is 0 Å². The maximum Gasteiger partial charge on any atom is 0.303 e. The predicted molar refractivity (Wildman–Crippen MR) is 156 cm³/mol. The first-order valence-corrected chi connectivity index (χ1v) is 15.2. The molecule has 0 saturated heterocycles. The van der Waals surface area contributed by atoms with Gasteiger partial charge in [-0.1, -0.05) is 64.2 Å². The Morgan fingerprint density at radius 1 is 0.650 bits per heavy atom. The third-order valence-corrected chi connectivity index (χ3v) is 6.65. The minimum atomic E-state index is -0.697. The van der Waals surface area contributed by atoms with E-state index in [1.807, 2.05) is 0 Å². The van der Waals surface area contributed by atoms with E-state index in [1.54, 1.807) is 7.05 Å². The number of ether oxygens (including phenoxy) is 2. The molecule has 0 aromatic heterocycles. The molecule has 234 valence electrons. The molecule has 0 unspecified atom stereocenters. The maximum atomic E-state index is 11.9. The van der Waals surface area contributed by atoms with Crippen molar-refractivity contribution in [1.29, 1.82) is 0 Å². The van der Waals surface area contributed by atoms with Gasteiger partial charge in [0.2, 0.25) is 17.7 Å². The molecule has 0 spiro atoms. The van der Waals surface area contributed by atoms with Crippen LogP contribution in [0.3, 0.4) is 0 Å². The summed E-state index contributed by atoms with van der Waals surface area (Å²) in [5, 5.41) is 17.1. The summed E-state index contributed by atoms with van der Waals surface area (Å²) in [6, 6.07) is -0.337. The molecule has 0 aliphatic rings. The van der Waals surface area contributed by atoms with Gasteiger partial charge < -0.3 is 36.3 Å². The molecule has 0 aliphatic carbocycles. The van der Waals surface area contributed by atoms with Crippen molar-refractivity contribution in [2.75, 3.05) is 46.6 Å². The van der Waals surface area contributed by atoms with Gasteiger partial charge in [0, 0.05) is 25.9 Å². The molecular formula is C29H56N4O7. The lowest BCUT2D eigenvalue weighted by atomic mass is 10.0. The van der Waals surface area contributed by atoms with Crippen molar-refractivity contribution in [3.8, 4) is 0 Å². The number of likely N-dealkylation sites (N-methyl/N-ethyl adjacent to an activating group) is 1. The van der Waals surface area contributed by atoms with E-state index in [0.717, 1.165) is 51.4 Å². The second kappa shape index (κ2) is 28.3. The molecule has 0 fully saturated rings. The largest absolute Gasteiger partial charge is 0.481 e. The highest BCUT2D eigenvalue weighted by molar-refractivity contribution is 5.79. The lowest BCUT2D eigenvalue weighted by Crippen LogP contribution is -2.39. The Bertz CT molecular complexity index is 664. The van der Waals surface area contributed by atoms with E-state index >= 15 is 0 Å². The van der Waals surface area contributed by atoms with Crippen LogP contribution in [0.2, 0.25) is 0 Å². The highest BCUT2D eigenvalue weighted by atomic mass is 16.5. The molecule has 0 aromatic rings. The van der Waals surface area contributed by atoms with Crippen LogP contribution in [0.15, 0.2) is 0 Å². The van der Waals surface area contributed by atoms with Gasteiger partial charge in [0.05, 0.1) is 25.9 Å². The second-order valence-electron chi connectivity index (χ2n) is 10.2. The summed E-state index contributed by atoms with van der Waals surface area (Å²) in [4.78, 5) is 45.2. The number of hydrogen-bond donors (Lipinski definition) is 5. The smallest absolute Gasteiger partial charge is 0.303 e. The normalized spacial score (nSPS) is 11.7. The second-order valence-corrected chi connectivity index (χ2v) is 10.2. The highest BCUT2D eigenvalue weighted by Crippen LogP contribution is 2.13. The van der Waals surface area contributed by atoms with Crippen molar-refractivity contribution in [2.24, 2.45) is 5.73 Å². The first-order chi connectivity index (χ1) is 19.4. The van der Waals surface area contributed by atoms with Crippen LogP contribution in [0, 0.1) is 0 Å². The molecule has 40 heavy (non-hydrogen) atoms. The van der Waals surface area contributed by atoms with Gasteiger partial charge in [-0.25, -0.2) is 0 Å². The van der Waals surface area contributed by atoms with E-state index in [2.05, 4.69) is 16.0 Å². The standard InChI is InChI=1S/C29H56N4O7/c1-31-25(29(30)38)16-14-15-19-32-27(35)24-40-23-22-39-21-20-33-26(34)17-12-10-8-6-4-2-3-5-7-9-11-13-18-28(36)37/h25,31H,2-24H2,1H3,(H2,30,38)(H,32,35)(H,33,34)(H,36,37)/t25-/m0/s1. The molecule has 0 rings (SSSR count). The summed E-state index contributed by atoms with van der Waals surface area (Å²) in [5.41, 5.74) is 5.26. The molecule has 0 heterocycles. The number of unbranched alkanes of at least 4 members (excludes halogenated alkanes) is 12. The molecule has 11 nitrogen and oxygen atoms in total. The van der Waals surface area contributed by atoms with Crippen molar-refractivity contribution >= 4 is 23.7 Å². The van der Waals surface area contributed by atoms with Crippen LogP contribution in [0.1, 0.15) is 109 Å². The fourth-order valence-corrected chi connectivity index (χ4v) is 4.25. The maximum absolute atomic E-state index is 11.9. The quantitative estimate of drug-likeness (QED) is 0.0818. The first kappa shape index (κ1) is 37.8. The molecule has 6 N–H and O–H groups in total. The summed E-state index contributed by atoms with van der Waals surface area (Å²) in [5.74, 6) is -1.20. The fourth-order valence-electron chi connectivity index (χ4n) is 4.25. The molecule has 0 aromatic carbocycles. The van der Waals surface area contributed by atoms with Crippen LogP contribution in [0.25, 0.3) is 0 Å². The van der Waals surface area contributed by atoms with Crippen LogP contribution >= 0.6 is 0 Å². The lowest BCUT2D eigenvalue weighted by Gasteiger charge is -2.12. The zero-order valence-corrected chi connectivity index (χ0v) is 24.8. The monoisotopic (exact) mass is 572 g/mol. The number of carbonyl (C=O) groups excluding carboxylic acids is 3. The van der Waals surface area contributed by atoms with Crippen LogP contribution < -0.4 is 21.7 Å². The van der Waals surface area contributed by atoms with Gasteiger partial charge >= 0.3 is 5.97 Å². The number of primary amides is 1. The van der Waals surface area contributed by atoms with Crippen LogP contribution in [0.4, 0.5) is 0 Å². The summed E-state index contributed by atoms with van der Waals surface area (Å²) in [7, 11) is 1.70. The SMILES string of the molecule is CN[C@@H](CCCCNC(=O)COCCOCCNC(=O)CCCCCCCCCCCCCCC(=O)O)C(N)=O. The molecule has 0 aliphatic heterocycles. The fraction of sp³-hybridized carbons (Fsp3) is 0.862. The summed E-state index contributed by atoms with van der Waals surface area (Å²) in [6.45, 7) is 2.02. The zero-order valence-electron chi connectivity index (χ0n) is 24.8. The van der Waals surface area contributed by atoms with Gasteiger partial charge in [-0.3, -0.25) is 19.2 Å². The van der Waals surface area contributed by atoms with E-state index in [-0.39, 0.29) is 30.4 Å². The number of amides is 3. The number of carboxylic acids is 1. The molecule has 0 bridgehead atoms. The van der Waals surface area contributed by atoms with Gasteiger partial charge in [-0.05, 0) is 39.2 Å². The number of hydrogen-bond acceptors (Lipinski definition) is 7. The minimum absolute atomic E-state index is 0.0297. The number of aliphatic carboxylic acids is 1. The average Bonchev–Trinajstić information content (AvgIpc) is 2.91. The number of rotatable bonds is 30. The van der Waals surface area contributed by atoms with E-state index in [4.69, 9.17) is 20.3 Å². The minimum Gasteiger partial charge on any atom is -0.481 e. The summed E-state index contributed by atoms with van der Waals surface area (Å²) in [6.07, 6.45) is 16.5. The molecule has 0 saturated carbocycles. The number of carboxylic acid groups (broad SMARTS) is 1. The van der Waals surface area contributed by atoms with Gasteiger partial charge in [-0.2, -0.15) is 0 Å². The van der Waals surface area contributed by atoms with Gasteiger partial charge in [-0.15, -0.1) is 0 Å². The average molecular weight is 573 g/mol.